The van der Waals surface area contributed by atoms with Crippen molar-refractivity contribution in [2.24, 2.45) is 4.99 Å². The molecule has 6 nitrogen and oxygen atoms in total. The van der Waals surface area contributed by atoms with Crippen LogP contribution < -0.4 is 0 Å². The smallest absolute Gasteiger partial charge is 0.363 e. The predicted octanol–water partition coefficient (Wildman–Crippen LogP) is 4.21. The summed E-state index contributed by atoms with van der Waals surface area (Å²) in [7, 11) is 0. The van der Waals surface area contributed by atoms with Gasteiger partial charge in [0.2, 0.25) is 11.8 Å². The van der Waals surface area contributed by atoms with Crippen molar-refractivity contribution in [3.05, 3.63) is 82.6 Å². The minimum atomic E-state index is -0.570. The Balaban J connectivity index is 1.77. The molecular formula is C21H14ClN3O3. The highest BCUT2D eigenvalue weighted by Gasteiger charge is 2.25. The number of nitrogens with zero attached hydrogens (tertiary/aromatic N) is 3. The Morgan fingerprint density at radius 3 is 2.46 bits per heavy atom. The molecule has 1 aromatic heterocycles. The quantitative estimate of drug-likeness (QED) is 0.495. The molecule has 1 aliphatic rings. The summed E-state index contributed by atoms with van der Waals surface area (Å²) in [5, 5.41) is 4.92. The Morgan fingerprint density at radius 2 is 1.79 bits per heavy atom. The number of benzene rings is 2. The second kappa shape index (κ2) is 7.25. The van der Waals surface area contributed by atoms with Crippen LogP contribution in [-0.4, -0.2) is 27.6 Å². The van der Waals surface area contributed by atoms with Gasteiger partial charge in [0.25, 0.3) is 0 Å². The molecule has 0 radical (unpaired) electrons. The van der Waals surface area contributed by atoms with Crippen LogP contribution in [-0.2, 0) is 9.53 Å². The van der Waals surface area contributed by atoms with E-state index in [0.717, 1.165) is 5.56 Å². The lowest BCUT2D eigenvalue weighted by atomic mass is 10.1. The Labute approximate surface area is 165 Å². The van der Waals surface area contributed by atoms with Gasteiger partial charge >= 0.3 is 5.97 Å². The molecule has 0 saturated carbocycles. The highest BCUT2D eigenvalue weighted by molar-refractivity contribution is 6.30. The monoisotopic (exact) mass is 391 g/mol. The third kappa shape index (κ3) is 3.50. The van der Waals surface area contributed by atoms with Crippen LogP contribution in [0.1, 0.15) is 22.8 Å². The lowest BCUT2D eigenvalue weighted by Crippen LogP contribution is -2.05. The number of ether oxygens (including phenoxy) is 1. The van der Waals surface area contributed by atoms with Crippen molar-refractivity contribution in [3.63, 3.8) is 0 Å². The van der Waals surface area contributed by atoms with Gasteiger partial charge in [-0.25, -0.2) is 14.5 Å². The summed E-state index contributed by atoms with van der Waals surface area (Å²) in [6, 6.07) is 16.2. The average Bonchev–Trinajstić information content (AvgIpc) is 3.28. The van der Waals surface area contributed by atoms with E-state index in [4.69, 9.17) is 16.3 Å². The Morgan fingerprint density at radius 1 is 1.07 bits per heavy atom. The van der Waals surface area contributed by atoms with Crippen LogP contribution in [0.25, 0.3) is 17.3 Å². The van der Waals surface area contributed by atoms with Crippen molar-refractivity contribution < 1.29 is 14.3 Å². The zero-order chi connectivity index (χ0) is 19.7. The summed E-state index contributed by atoms with van der Waals surface area (Å²) in [6.45, 7) is 1.42. The number of carbonyl (C=O) groups is 2. The molecule has 0 fully saturated rings. The molecule has 0 aliphatic carbocycles. The van der Waals surface area contributed by atoms with Gasteiger partial charge in [-0.15, -0.1) is 0 Å². The van der Waals surface area contributed by atoms with Crippen LogP contribution in [0.2, 0.25) is 5.02 Å². The van der Waals surface area contributed by atoms with Crippen LogP contribution in [0.5, 0.6) is 0 Å². The van der Waals surface area contributed by atoms with Crippen molar-refractivity contribution in [2.45, 2.75) is 6.92 Å². The molecule has 7 heteroatoms. The Kier molecular flexibility index (Phi) is 4.63. The van der Waals surface area contributed by atoms with Gasteiger partial charge in [0.05, 0.1) is 0 Å². The average molecular weight is 392 g/mol. The fourth-order valence-electron chi connectivity index (χ4n) is 2.75. The van der Waals surface area contributed by atoms with Gasteiger partial charge in [0.1, 0.15) is 5.69 Å². The van der Waals surface area contributed by atoms with Crippen molar-refractivity contribution >= 4 is 35.5 Å². The van der Waals surface area contributed by atoms with Crippen molar-refractivity contribution in [3.8, 4) is 11.3 Å². The SMILES string of the molecule is CC(=O)n1cc(/C=C2\N=C(c3ccc(Cl)cc3)OC2=O)c(-c2ccccc2)n1. The minimum Gasteiger partial charge on any atom is -0.402 e. The van der Waals surface area contributed by atoms with Gasteiger partial charge in [-0.3, -0.25) is 4.79 Å². The number of hydrogen-bond donors (Lipinski definition) is 0. The summed E-state index contributed by atoms with van der Waals surface area (Å²) in [5.41, 5.74) is 2.76. The first-order valence-electron chi connectivity index (χ1n) is 8.46. The number of halogens is 1. The molecule has 28 heavy (non-hydrogen) atoms. The van der Waals surface area contributed by atoms with Crippen molar-refractivity contribution in [2.75, 3.05) is 0 Å². The molecule has 4 rings (SSSR count). The van der Waals surface area contributed by atoms with Crippen LogP contribution in [0.15, 0.2) is 71.5 Å². The zero-order valence-electron chi connectivity index (χ0n) is 14.8. The van der Waals surface area contributed by atoms with E-state index in [0.29, 0.717) is 21.8 Å². The lowest BCUT2D eigenvalue weighted by Gasteiger charge is -1.98. The second-order valence-electron chi connectivity index (χ2n) is 6.11. The number of rotatable bonds is 3. The van der Waals surface area contributed by atoms with Gasteiger partial charge in [-0.05, 0) is 30.3 Å². The summed E-state index contributed by atoms with van der Waals surface area (Å²) < 4.78 is 6.51. The van der Waals surface area contributed by atoms with Gasteiger partial charge in [0, 0.05) is 34.8 Å². The lowest BCUT2D eigenvalue weighted by molar-refractivity contribution is -0.129. The normalized spacial score (nSPS) is 14.9. The maximum atomic E-state index is 12.3. The number of esters is 1. The molecule has 138 valence electrons. The molecule has 0 amide bonds. The molecule has 0 spiro atoms. The van der Waals surface area contributed by atoms with Crippen LogP contribution in [0.3, 0.4) is 0 Å². The topological polar surface area (TPSA) is 73.6 Å². The van der Waals surface area contributed by atoms with Gasteiger partial charge < -0.3 is 4.74 Å². The van der Waals surface area contributed by atoms with E-state index < -0.39 is 5.97 Å². The third-order valence-corrected chi connectivity index (χ3v) is 4.37. The number of aliphatic imine (C=N–C) groups is 1. The number of cyclic esters (lactones) is 1. The van der Waals surface area contributed by atoms with E-state index in [1.54, 1.807) is 36.5 Å². The van der Waals surface area contributed by atoms with E-state index in [1.807, 2.05) is 30.3 Å². The molecule has 0 unspecified atom stereocenters. The maximum Gasteiger partial charge on any atom is 0.363 e. The minimum absolute atomic E-state index is 0.130. The van der Waals surface area contributed by atoms with Crippen LogP contribution >= 0.6 is 11.6 Å². The first-order valence-corrected chi connectivity index (χ1v) is 8.83. The van der Waals surface area contributed by atoms with Crippen molar-refractivity contribution in [1.29, 1.82) is 0 Å². The van der Waals surface area contributed by atoms with Gasteiger partial charge in [0.15, 0.2) is 5.70 Å². The summed E-state index contributed by atoms with van der Waals surface area (Å²) in [4.78, 5) is 28.3. The highest BCUT2D eigenvalue weighted by Crippen LogP contribution is 2.26. The van der Waals surface area contributed by atoms with E-state index >= 15 is 0 Å². The first-order chi connectivity index (χ1) is 13.5. The maximum absolute atomic E-state index is 12.3. The van der Waals surface area contributed by atoms with Gasteiger partial charge in [-0.1, -0.05) is 41.9 Å². The van der Waals surface area contributed by atoms with E-state index in [1.165, 1.54) is 11.6 Å². The molecule has 3 aromatic rings. The van der Waals surface area contributed by atoms with Crippen LogP contribution in [0, 0.1) is 0 Å². The molecule has 0 atom stereocenters. The molecule has 0 saturated heterocycles. The Bertz CT molecular complexity index is 1130. The predicted molar refractivity (Wildman–Crippen MR) is 106 cm³/mol. The molecule has 2 aromatic carbocycles. The summed E-state index contributed by atoms with van der Waals surface area (Å²) >= 11 is 5.89. The largest absolute Gasteiger partial charge is 0.402 e. The highest BCUT2D eigenvalue weighted by atomic mass is 35.5. The van der Waals surface area contributed by atoms with E-state index in [-0.39, 0.29) is 17.5 Å². The fraction of sp³-hybridized carbons (Fsp3) is 0.0476. The molecule has 2 heterocycles. The number of carbonyl (C=O) groups excluding carboxylic acids is 2. The second-order valence-corrected chi connectivity index (χ2v) is 6.54. The molecule has 0 bridgehead atoms. The number of aromatic nitrogens is 2. The van der Waals surface area contributed by atoms with Crippen LogP contribution in [0.4, 0.5) is 0 Å². The van der Waals surface area contributed by atoms with Gasteiger partial charge in [-0.2, -0.15) is 5.10 Å². The standard InChI is InChI=1S/C21H14ClN3O3/c1-13(26)25-12-16(19(24-25)14-5-3-2-4-6-14)11-18-21(27)28-20(23-18)15-7-9-17(22)10-8-15/h2-12H,1H3/b18-11-. The zero-order valence-corrected chi connectivity index (χ0v) is 15.6. The molecule has 0 N–H and O–H groups in total. The summed E-state index contributed by atoms with van der Waals surface area (Å²) in [5.74, 6) is -0.603. The van der Waals surface area contributed by atoms with E-state index in [2.05, 4.69) is 10.1 Å². The molecular weight excluding hydrogens is 378 g/mol. The summed E-state index contributed by atoms with van der Waals surface area (Å²) in [6.07, 6.45) is 3.14. The van der Waals surface area contributed by atoms with E-state index in [9.17, 15) is 9.59 Å². The fourth-order valence-corrected chi connectivity index (χ4v) is 2.87. The third-order valence-electron chi connectivity index (χ3n) is 4.12. The Hall–Kier alpha value is -3.51. The first kappa shape index (κ1) is 17.9. The molecule has 1 aliphatic heterocycles. The van der Waals surface area contributed by atoms with Crippen molar-refractivity contribution in [1.82, 2.24) is 9.78 Å². The number of hydrogen-bond acceptors (Lipinski definition) is 5.